The van der Waals surface area contributed by atoms with Crippen LogP contribution in [-0.2, 0) is 0 Å². The second-order valence-corrected chi connectivity index (χ2v) is 4.81. The number of aliphatic hydroxyl groups excluding tert-OH is 1. The summed E-state index contributed by atoms with van der Waals surface area (Å²) in [7, 11) is 0. The van der Waals surface area contributed by atoms with Crippen molar-refractivity contribution in [2.24, 2.45) is 0 Å². The Morgan fingerprint density at radius 2 is 1.80 bits per heavy atom. The molecule has 1 unspecified atom stereocenters. The van der Waals surface area contributed by atoms with Crippen molar-refractivity contribution in [2.45, 2.75) is 32.2 Å². The molecule has 84 valence electrons. The third kappa shape index (κ3) is 3.84. The largest absolute Gasteiger partial charge is 0.493 e. The predicted molar refractivity (Wildman–Crippen MR) is 65.7 cm³/mol. The van der Waals surface area contributed by atoms with Crippen LogP contribution in [0.3, 0.4) is 0 Å². The van der Waals surface area contributed by atoms with E-state index in [1.165, 1.54) is 16.7 Å². The number of hydrogen-bond acceptors (Lipinski definition) is 2. The Bertz CT molecular complexity index is 311. The van der Waals surface area contributed by atoms with Gasteiger partial charge in [0.2, 0.25) is 0 Å². The fourth-order valence-corrected chi connectivity index (χ4v) is 1.54. The average Bonchev–Trinajstić information content (AvgIpc) is 2.13. The van der Waals surface area contributed by atoms with Gasteiger partial charge in [-0.3, -0.25) is 0 Å². The number of aliphatic hydroxyl groups is 1. The van der Waals surface area contributed by atoms with Gasteiger partial charge in [-0.15, -0.1) is 0 Å². The van der Waals surface area contributed by atoms with Crippen molar-refractivity contribution in [1.29, 1.82) is 0 Å². The molecule has 0 aliphatic carbocycles. The first kappa shape index (κ1) is 12.5. The molecular formula is C12H17BrO2. The average molecular weight is 273 g/mol. The molecule has 0 aliphatic heterocycles. The SMILES string of the molecule is Cc1cc(OCCC(O)Br)cc(C)c1C. The van der Waals surface area contributed by atoms with Crippen molar-refractivity contribution in [2.75, 3.05) is 6.61 Å². The Morgan fingerprint density at radius 1 is 1.27 bits per heavy atom. The summed E-state index contributed by atoms with van der Waals surface area (Å²) < 4.78 is 5.54. The van der Waals surface area contributed by atoms with E-state index in [1.54, 1.807) is 0 Å². The summed E-state index contributed by atoms with van der Waals surface area (Å²) in [5, 5.41) is 8.54. The lowest BCUT2D eigenvalue weighted by Crippen LogP contribution is -2.05. The molecule has 15 heavy (non-hydrogen) atoms. The summed E-state index contributed by atoms with van der Waals surface area (Å²) >= 11 is 3.06. The van der Waals surface area contributed by atoms with Crippen molar-refractivity contribution in [3.05, 3.63) is 28.8 Å². The van der Waals surface area contributed by atoms with E-state index in [4.69, 9.17) is 9.84 Å². The Balaban J connectivity index is 2.63. The summed E-state index contributed by atoms with van der Waals surface area (Å²) in [4.78, 5) is 0. The van der Waals surface area contributed by atoms with E-state index >= 15 is 0 Å². The molecule has 0 bridgehead atoms. The number of aryl methyl sites for hydroxylation is 2. The van der Waals surface area contributed by atoms with Gasteiger partial charge in [0.05, 0.1) is 6.61 Å². The number of benzene rings is 1. The van der Waals surface area contributed by atoms with Crippen LogP contribution < -0.4 is 4.74 Å². The fraction of sp³-hybridized carbons (Fsp3) is 0.500. The first-order chi connectivity index (χ1) is 7.00. The van der Waals surface area contributed by atoms with Crippen LogP contribution in [0.25, 0.3) is 0 Å². The number of hydrogen-bond donors (Lipinski definition) is 1. The highest BCUT2D eigenvalue weighted by molar-refractivity contribution is 9.09. The Hall–Kier alpha value is -0.540. The van der Waals surface area contributed by atoms with E-state index in [0.29, 0.717) is 13.0 Å². The van der Waals surface area contributed by atoms with Crippen molar-refractivity contribution in [3.63, 3.8) is 0 Å². The second kappa shape index (κ2) is 5.52. The van der Waals surface area contributed by atoms with Crippen LogP contribution in [0.4, 0.5) is 0 Å². The van der Waals surface area contributed by atoms with Crippen LogP contribution >= 0.6 is 15.9 Å². The Labute approximate surface area is 99.4 Å². The molecule has 1 rings (SSSR count). The minimum absolute atomic E-state index is 0.481. The molecule has 1 aromatic carbocycles. The standard InChI is InChI=1S/C12H17BrO2/c1-8-6-11(7-9(2)10(8)3)15-5-4-12(13)14/h6-7,12,14H,4-5H2,1-3H3. The molecule has 0 aromatic heterocycles. The lowest BCUT2D eigenvalue weighted by molar-refractivity contribution is 0.213. The van der Waals surface area contributed by atoms with E-state index in [1.807, 2.05) is 12.1 Å². The minimum atomic E-state index is -0.481. The van der Waals surface area contributed by atoms with Gasteiger partial charge in [-0.1, -0.05) is 15.9 Å². The highest BCUT2D eigenvalue weighted by Crippen LogP contribution is 2.21. The number of halogens is 1. The van der Waals surface area contributed by atoms with Gasteiger partial charge in [0.15, 0.2) is 0 Å². The molecule has 0 radical (unpaired) electrons. The molecule has 2 nitrogen and oxygen atoms in total. The maximum Gasteiger partial charge on any atom is 0.119 e. The number of ether oxygens (including phenoxy) is 1. The molecule has 0 saturated carbocycles. The summed E-state index contributed by atoms with van der Waals surface area (Å²) in [6.07, 6.45) is 0.589. The molecule has 1 atom stereocenters. The Morgan fingerprint density at radius 3 is 2.27 bits per heavy atom. The van der Waals surface area contributed by atoms with E-state index in [9.17, 15) is 0 Å². The van der Waals surface area contributed by atoms with E-state index in [2.05, 4.69) is 36.7 Å². The van der Waals surface area contributed by atoms with Crippen molar-refractivity contribution in [1.82, 2.24) is 0 Å². The molecule has 0 amide bonds. The first-order valence-electron chi connectivity index (χ1n) is 5.03. The molecule has 0 heterocycles. The van der Waals surface area contributed by atoms with Gasteiger partial charge < -0.3 is 9.84 Å². The molecule has 0 saturated heterocycles. The van der Waals surface area contributed by atoms with Crippen LogP contribution in [0.5, 0.6) is 5.75 Å². The van der Waals surface area contributed by atoms with Crippen LogP contribution in [0.2, 0.25) is 0 Å². The van der Waals surface area contributed by atoms with Crippen molar-refractivity contribution in [3.8, 4) is 5.75 Å². The van der Waals surface area contributed by atoms with Gasteiger partial charge in [-0.25, -0.2) is 0 Å². The summed E-state index contributed by atoms with van der Waals surface area (Å²) in [6, 6.07) is 4.06. The van der Waals surface area contributed by atoms with E-state index < -0.39 is 5.01 Å². The zero-order chi connectivity index (χ0) is 11.4. The van der Waals surface area contributed by atoms with E-state index in [-0.39, 0.29) is 0 Å². The highest BCUT2D eigenvalue weighted by Gasteiger charge is 2.03. The zero-order valence-electron chi connectivity index (χ0n) is 9.38. The monoisotopic (exact) mass is 272 g/mol. The third-order valence-electron chi connectivity index (χ3n) is 2.53. The molecule has 3 heteroatoms. The summed E-state index contributed by atoms with van der Waals surface area (Å²) in [5.41, 5.74) is 3.79. The number of rotatable bonds is 4. The fourth-order valence-electron chi connectivity index (χ4n) is 1.35. The van der Waals surface area contributed by atoms with Gasteiger partial charge >= 0.3 is 0 Å². The smallest absolute Gasteiger partial charge is 0.119 e. The lowest BCUT2D eigenvalue weighted by atomic mass is 10.0. The van der Waals surface area contributed by atoms with Gasteiger partial charge in [0.1, 0.15) is 10.8 Å². The van der Waals surface area contributed by atoms with Crippen molar-refractivity contribution >= 4 is 15.9 Å². The molecule has 1 aromatic rings. The van der Waals surface area contributed by atoms with Crippen molar-refractivity contribution < 1.29 is 9.84 Å². The van der Waals surface area contributed by atoms with Crippen LogP contribution in [0.1, 0.15) is 23.1 Å². The van der Waals surface area contributed by atoms with Crippen LogP contribution in [0, 0.1) is 20.8 Å². The third-order valence-corrected chi connectivity index (χ3v) is 2.98. The topological polar surface area (TPSA) is 29.5 Å². The normalized spacial score (nSPS) is 12.6. The maximum atomic E-state index is 9.02. The van der Waals surface area contributed by atoms with Gasteiger partial charge in [0, 0.05) is 6.42 Å². The zero-order valence-corrected chi connectivity index (χ0v) is 11.0. The molecule has 0 spiro atoms. The molecule has 1 N–H and O–H groups in total. The first-order valence-corrected chi connectivity index (χ1v) is 5.95. The van der Waals surface area contributed by atoms with E-state index in [0.717, 1.165) is 5.75 Å². The quantitative estimate of drug-likeness (QED) is 0.854. The van der Waals surface area contributed by atoms with Crippen LogP contribution in [-0.4, -0.2) is 16.7 Å². The van der Waals surface area contributed by atoms with Gasteiger partial charge in [-0.05, 0) is 49.6 Å². The Kier molecular flexibility index (Phi) is 4.61. The molecule has 0 aliphatic rings. The summed E-state index contributed by atoms with van der Waals surface area (Å²) in [5.74, 6) is 0.878. The highest BCUT2D eigenvalue weighted by atomic mass is 79.9. The molecular weight excluding hydrogens is 256 g/mol. The minimum Gasteiger partial charge on any atom is -0.493 e. The number of alkyl halides is 1. The second-order valence-electron chi connectivity index (χ2n) is 3.75. The maximum absolute atomic E-state index is 9.02. The van der Waals surface area contributed by atoms with Crippen LogP contribution in [0.15, 0.2) is 12.1 Å². The summed E-state index contributed by atoms with van der Waals surface area (Å²) in [6.45, 7) is 6.79. The lowest BCUT2D eigenvalue weighted by Gasteiger charge is -2.11. The van der Waals surface area contributed by atoms with Gasteiger partial charge in [0.25, 0.3) is 0 Å². The molecule has 0 fully saturated rings. The predicted octanol–water partition coefficient (Wildman–Crippen LogP) is 3.09. The van der Waals surface area contributed by atoms with Gasteiger partial charge in [-0.2, -0.15) is 0 Å².